The number of carbonyl (C=O) groups excluding carboxylic acids is 1. The highest BCUT2D eigenvalue weighted by atomic mass is 16.5. The van der Waals surface area contributed by atoms with Crippen molar-refractivity contribution in [3.8, 4) is 22.8 Å². The first-order valence-corrected chi connectivity index (χ1v) is 9.07. The summed E-state index contributed by atoms with van der Waals surface area (Å²) in [6, 6.07) is 16.5. The summed E-state index contributed by atoms with van der Waals surface area (Å²) >= 11 is 0. The van der Waals surface area contributed by atoms with E-state index >= 15 is 0 Å². The van der Waals surface area contributed by atoms with Gasteiger partial charge in [-0.3, -0.25) is 4.79 Å². The Bertz CT molecular complexity index is 932. The van der Waals surface area contributed by atoms with Crippen LogP contribution in [0.25, 0.3) is 11.3 Å². The van der Waals surface area contributed by atoms with Crippen LogP contribution in [-0.4, -0.2) is 36.2 Å². The molecule has 0 aliphatic heterocycles. The average Bonchev–Trinajstić information content (AvgIpc) is 3.20. The minimum Gasteiger partial charge on any atom is -0.497 e. The van der Waals surface area contributed by atoms with Crippen LogP contribution in [0.2, 0.25) is 0 Å². The van der Waals surface area contributed by atoms with E-state index in [1.807, 2.05) is 44.2 Å². The molecule has 2 aromatic carbocycles. The number of nitrogens with zero attached hydrogens (tertiary/aromatic N) is 2. The van der Waals surface area contributed by atoms with Gasteiger partial charge in [-0.05, 0) is 50.2 Å². The fourth-order valence-corrected chi connectivity index (χ4v) is 2.86. The number of methoxy groups -OCH3 is 2. The molecule has 146 valence electrons. The number of carbonyl (C=O) groups is 1. The molecule has 1 heterocycles. The SMILES string of the molecule is COc1ccc(C(=O)N(Cc2cc(-c3cccc(OC)c3)on2)C(C)C)cc1. The third-order valence-corrected chi connectivity index (χ3v) is 4.47. The zero-order valence-electron chi connectivity index (χ0n) is 16.5. The van der Waals surface area contributed by atoms with Crippen molar-refractivity contribution >= 4 is 5.91 Å². The molecule has 0 atom stereocenters. The number of hydrogen-bond acceptors (Lipinski definition) is 5. The molecule has 28 heavy (non-hydrogen) atoms. The van der Waals surface area contributed by atoms with Crippen LogP contribution >= 0.6 is 0 Å². The minimum atomic E-state index is -0.0661. The van der Waals surface area contributed by atoms with Gasteiger partial charge in [-0.1, -0.05) is 17.3 Å². The Morgan fingerprint density at radius 3 is 2.39 bits per heavy atom. The normalized spacial score (nSPS) is 10.8. The van der Waals surface area contributed by atoms with Gasteiger partial charge in [0.05, 0.1) is 20.8 Å². The first kappa shape index (κ1) is 19.5. The fraction of sp³-hybridized carbons (Fsp3) is 0.273. The van der Waals surface area contributed by atoms with E-state index in [9.17, 15) is 4.79 Å². The lowest BCUT2D eigenvalue weighted by Crippen LogP contribution is -2.36. The quantitative estimate of drug-likeness (QED) is 0.607. The van der Waals surface area contributed by atoms with Crippen LogP contribution in [0.4, 0.5) is 0 Å². The van der Waals surface area contributed by atoms with Gasteiger partial charge in [0.15, 0.2) is 5.76 Å². The van der Waals surface area contributed by atoms with Gasteiger partial charge in [0.25, 0.3) is 5.91 Å². The molecular formula is C22H24N2O4. The Morgan fingerprint density at radius 2 is 1.75 bits per heavy atom. The summed E-state index contributed by atoms with van der Waals surface area (Å²) in [5.74, 6) is 2.03. The van der Waals surface area contributed by atoms with Crippen LogP contribution in [0.5, 0.6) is 11.5 Å². The second-order valence-electron chi connectivity index (χ2n) is 6.67. The molecule has 1 amide bonds. The molecule has 3 rings (SSSR count). The predicted molar refractivity (Wildman–Crippen MR) is 106 cm³/mol. The molecule has 0 fully saturated rings. The van der Waals surface area contributed by atoms with Gasteiger partial charge in [-0.25, -0.2) is 0 Å². The molecule has 0 radical (unpaired) electrons. The summed E-state index contributed by atoms with van der Waals surface area (Å²) in [5, 5.41) is 4.14. The number of hydrogen-bond donors (Lipinski definition) is 0. The van der Waals surface area contributed by atoms with Crippen molar-refractivity contribution in [1.82, 2.24) is 10.1 Å². The Labute approximate surface area is 164 Å². The molecule has 0 aliphatic carbocycles. The first-order valence-electron chi connectivity index (χ1n) is 9.07. The van der Waals surface area contributed by atoms with Crippen molar-refractivity contribution in [1.29, 1.82) is 0 Å². The van der Waals surface area contributed by atoms with Crippen LogP contribution in [0, 0.1) is 0 Å². The molecule has 0 aliphatic rings. The van der Waals surface area contributed by atoms with E-state index < -0.39 is 0 Å². The lowest BCUT2D eigenvalue weighted by molar-refractivity contribution is 0.0686. The van der Waals surface area contributed by atoms with Crippen LogP contribution in [0.15, 0.2) is 59.1 Å². The Balaban J connectivity index is 1.79. The van der Waals surface area contributed by atoms with Gasteiger partial charge in [0.2, 0.25) is 0 Å². The maximum absolute atomic E-state index is 13.0. The predicted octanol–water partition coefficient (Wildman–Crippen LogP) is 4.41. The molecule has 0 N–H and O–H groups in total. The molecule has 6 heteroatoms. The highest BCUT2D eigenvalue weighted by Gasteiger charge is 2.21. The summed E-state index contributed by atoms with van der Waals surface area (Å²) < 4.78 is 15.9. The highest BCUT2D eigenvalue weighted by molar-refractivity contribution is 5.94. The number of benzene rings is 2. The summed E-state index contributed by atoms with van der Waals surface area (Å²) in [6.45, 7) is 4.31. The van der Waals surface area contributed by atoms with E-state index in [1.54, 1.807) is 43.4 Å². The van der Waals surface area contributed by atoms with Crippen molar-refractivity contribution in [3.05, 3.63) is 65.9 Å². The summed E-state index contributed by atoms with van der Waals surface area (Å²) in [7, 11) is 3.22. The summed E-state index contributed by atoms with van der Waals surface area (Å²) in [4.78, 5) is 14.7. The smallest absolute Gasteiger partial charge is 0.254 e. The van der Waals surface area contributed by atoms with Gasteiger partial charge >= 0.3 is 0 Å². The lowest BCUT2D eigenvalue weighted by Gasteiger charge is -2.26. The number of ether oxygens (including phenoxy) is 2. The third kappa shape index (κ3) is 4.34. The molecule has 0 saturated carbocycles. The van der Waals surface area contributed by atoms with Crippen LogP contribution in [-0.2, 0) is 6.54 Å². The second-order valence-corrected chi connectivity index (χ2v) is 6.67. The van der Waals surface area contributed by atoms with Crippen molar-refractivity contribution in [3.63, 3.8) is 0 Å². The molecule has 0 bridgehead atoms. The lowest BCUT2D eigenvalue weighted by atomic mass is 10.1. The minimum absolute atomic E-state index is 0.00608. The van der Waals surface area contributed by atoms with Crippen LogP contribution in [0.3, 0.4) is 0 Å². The molecule has 0 unspecified atom stereocenters. The summed E-state index contributed by atoms with van der Waals surface area (Å²) in [6.07, 6.45) is 0. The molecule has 0 spiro atoms. The van der Waals surface area contributed by atoms with Crippen LogP contribution < -0.4 is 9.47 Å². The van der Waals surface area contributed by atoms with E-state index in [1.165, 1.54) is 0 Å². The standard InChI is InChI=1S/C22H24N2O4/c1-15(2)24(22(25)16-8-10-19(26-3)11-9-16)14-18-13-21(28-23-18)17-6-5-7-20(12-17)27-4/h5-13,15H,14H2,1-4H3. The maximum Gasteiger partial charge on any atom is 0.254 e. The van der Waals surface area contributed by atoms with Gasteiger partial charge < -0.3 is 18.9 Å². The van der Waals surface area contributed by atoms with E-state index in [-0.39, 0.29) is 11.9 Å². The number of aromatic nitrogens is 1. The number of amides is 1. The van der Waals surface area contributed by atoms with Crippen molar-refractivity contribution in [2.45, 2.75) is 26.4 Å². The van der Waals surface area contributed by atoms with E-state index in [4.69, 9.17) is 14.0 Å². The van der Waals surface area contributed by atoms with Crippen molar-refractivity contribution < 1.29 is 18.8 Å². The van der Waals surface area contributed by atoms with E-state index in [0.29, 0.717) is 29.3 Å². The van der Waals surface area contributed by atoms with Crippen LogP contribution in [0.1, 0.15) is 29.9 Å². The summed E-state index contributed by atoms with van der Waals surface area (Å²) in [5.41, 5.74) is 2.16. The maximum atomic E-state index is 13.0. The molecule has 3 aromatic rings. The van der Waals surface area contributed by atoms with Gasteiger partial charge in [-0.15, -0.1) is 0 Å². The van der Waals surface area contributed by atoms with Gasteiger partial charge in [0.1, 0.15) is 17.2 Å². The third-order valence-electron chi connectivity index (χ3n) is 4.47. The van der Waals surface area contributed by atoms with E-state index in [2.05, 4.69) is 5.16 Å². The van der Waals surface area contributed by atoms with Crippen molar-refractivity contribution in [2.75, 3.05) is 14.2 Å². The zero-order chi connectivity index (χ0) is 20.1. The fourth-order valence-electron chi connectivity index (χ4n) is 2.86. The second kappa shape index (κ2) is 8.61. The topological polar surface area (TPSA) is 64.8 Å². The van der Waals surface area contributed by atoms with Gasteiger partial charge in [0, 0.05) is 23.2 Å². The Morgan fingerprint density at radius 1 is 1.04 bits per heavy atom. The molecule has 0 saturated heterocycles. The number of rotatable bonds is 7. The average molecular weight is 380 g/mol. The molecular weight excluding hydrogens is 356 g/mol. The Kier molecular flexibility index (Phi) is 5.99. The highest BCUT2D eigenvalue weighted by Crippen LogP contribution is 2.25. The van der Waals surface area contributed by atoms with E-state index in [0.717, 1.165) is 11.3 Å². The van der Waals surface area contributed by atoms with Crippen molar-refractivity contribution in [2.24, 2.45) is 0 Å². The van der Waals surface area contributed by atoms with Gasteiger partial charge in [-0.2, -0.15) is 0 Å². The first-order chi connectivity index (χ1) is 13.5. The Hall–Kier alpha value is -3.28. The zero-order valence-corrected chi connectivity index (χ0v) is 16.5. The monoisotopic (exact) mass is 380 g/mol. The molecule has 6 nitrogen and oxygen atoms in total. The largest absolute Gasteiger partial charge is 0.497 e. The molecule has 1 aromatic heterocycles.